The molecule has 32 heavy (non-hydrogen) atoms. The molecule has 5 heteroatoms. The van der Waals surface area contributed by atoms with E-state index in [0.29, 0.717) is 18.9 Å². The lowest BCUT2D eigenvalue weighted by molar-refractivity contribution is -0.147. The lowest BCUT2D eigenvalue weighted by atomic mass is 9.49. The number of hydrogen-bond donors (Lipinski definition) is 1. The highest BCUT2D eigenvalue weighted by molar-refractivity contribution is 5.83. The maximum Gasteiger partial charge on any atom is 0.226 e. The van der Waals surface area contributed by atoms with Crippen LogP contribution in [0.25, 0.3) is 0 Å². The molecule has 1 heterocycles. The predicted octanol–water partition coefficient (Wildman–Crippen LogP) is 4.48. The van der Waals surface area contributed by atoms with Crippen LogP contribution < -0.4 is 10.1 Å². The lowest BCUT2D eigenvalue weighted by Gasteiger charge is -2.56. The third-order valence-electron chi connectivity index (χ3n) is 8.59. The summed E-state index contributed by atoms with van der Waals surface area (Å²) in [4.78, 5) is 27.9. The first-order valence-electron chi connectivity index (χ1n) is 12.8. The van der Waals surface area contributed by atoms with Crippen LogP contribution in [0.4, 0.5) is 0 Å². The Kier molecular flexibility index (Phi) is 6.18. The van der Waals surface area contributed by atoms with Gasteiger partial charge >= 0.3 is 0 Å². The highest BCUT2D eigenvalue weighted by Gasteiger charge is 2.54. The molecule has 5 aliphatic rings. The molecule has 4 aliphatic carbocycles. The van der Waals surface area contributed by atoms with Gasteiger partial charge in [-0.15, -0.1) is 0 Å². The predicted molar refractivity (Wildman–Crippen MR) is 124 cm³/mol. The van der Waals surface area contributed by atoms with Gasteiger partial charge in [0, 0.05) is 31.0 Å². The molecule has 1 aromatic rings. The molecular weight excluding hydrogens is 400 g/mol. The summed E-state index contributed by atoms with van der Waals surface area (Å²) in [6.45, 7) is 4.10. The molecule has 0 aromatic heterocycles. The Morgan fingerprint density at radius 2 is 1.66 bits per heavy atom. The van der Waals surface area contributed by atoms with Gasteiger partial charge in [-0.2, -0.15) is 0 Å². The zero-order valence-corrected chi connectivity index (χ0v) is 19.5. The van der Waals surface area contributed by atoms with Crippen molar-refractivity contribution in [1.29, 1.82) is 0 Å². The average molecular weight is 439 g/mol. The van der Waals surface area contributed by atoms with E-state index in [2.05, 4.69) is 5.32 Å². The molecule has 1 aliphatic heterocycles. The molecule has 2 amide bonds. The zero-order chi connectivity index (χ0) is 22.1. The third-order valence-corrected chi connectivity index (χ3v) is 8.59. The highest BCUT2D eigenvalue weighted by atomic mass is 16.5. The van der Waals surface area contributed by atoms with Crippen molar-refractivity contribution in [3.8, 4) is 5.75 Å². The highest BCUT2D eigenvalue weighted by Crippen LogP contribution is 2.60. The van der Waals surface area contributed by atoms with Gasteiger partial charge in [0.2, 0.25) is 11.8 Å². The maximum atomic E-state index is 13.3. The second-order valence-electron chi connectivity index (χ2n) is 11.0. The van der Waals surface area contributed by atoms with Crippen LogP contribution in [0.2, 0.25) is 0 Å². The molecule has 1 aromatic carbocycles. The topological polar surface area (TPSA) is 58.6 Å². The Hall–Kier alpha value is -2.04. The number of nitrogens with one attached hydrogen (secondary N) is 1. The normalized spacial score (nSPS) is 31.5. The van der Waals surface area contributed by atoms with Crippen LogP contribution in [-0.2, 0) is 9.59 Å². The molecule has 6 rings (SSSR count). The fourth-order valence-corrected chi connectivity index (χ4v) is 7.28. The molecule has 0 spiro atoms. The second kappa shape index (κ2) is 9.07. The molecule has 0 atom stereocenters. The number of amides is 2. The molecule has 0 unspecified atom stereocenters. The summed E-state index contributed by atoms with van der Waals surface area (Å²) in [6.07, 6.45) is 10.5. The summed E-state index contributed by atoms with van der Waals surface area (Å²) in [5.74, 6) is 3.82. The lowest BCUT2D eigenvalue weighted by Crippen LogP contribution is -2.56. The standard InChI is InChI=1S/C27H38N2O3/c1-19-5-2-3-6-24(19)32-12-4-7-25(30)29-10-8-23(9-11-29)28-26(31)27-16-20-13-21(17-27)15-22(14-20)18-27/h2-3,5-6,20-23H,4,7-18H2,1H3,(H,28,31). The fraction of sp³-hybridized carbons (Fsp3) is 0.704. The van der Waals surface area contributed by atoms with Crippen molar-refractivity contribution in [3.05, 3.63) is 29.8 Å². The van der Waals surface area contributed by atoms with Gasteiger partial charge in [0.1, 0.15) is 5.75 Å². The van der Waals surface area contributed by atoms with Crippen molar-refractivity contribution in [1.82, 2.24) is 10.2 Å². The Morgan fingerprint density at radius 1 is 1.03 bits per heavy atom. The number of likely N-dealkylation sites (tertiary alicyclic amines) is 1. The first-order chi connectivity index (χ1) is 15.5. The molecule has 4 saturated carbocycles. The van der Waals surface area contributed by atoms with E-state index in [9.17, 15) is 9.59 Å². The first-order valence-corrected chi connectivity index (χ1v) is 12.8. The van der Waals surface area contributed by atoms with E-state index in [0.717, 1.165) is 80.7 Å². The largest absolute Gasteiger partial charge is 0.493 e. The van der Waals surface area contributed by atoms with Crippen molar-refractivity contribution in [2.75, 3.05) is 19.7 Å². The number of ether oxygens (including phenoxy) is 1. The molecule has 4 bridgehead atoms. The van der Waals surface area contributed by atoms with Gasteiger partial charge < -0.3 is 15.0 Å². The molecular formula is C27H38N2O3. The number of para-hydroxylation sites is 1. The Balaban J connectivity index is 1.03. The van der Waals surface area contributed by atoms with Crippen LogP contribution in [0, 0.1) is 30.1 Å². The van der Waals surface area contributed by atoms with E-state index in [1.807, 2.05) is 36.1 Å². The Bertz CT molecular complexity index is 808. The summed E-state index contributed by atoms with van der Waals surface area (Å²) < 4.78 is 5.82. The average Bonchev–Trinajstić information content (AvgIpc) is 2.77. The molecule has 1 saturated heterocycles. The molecule has 0 radical (unpaired) electrons. The zero-order valence-electron chi connectivity index (χ0n) is 19.5. The van der Waals surface area contributed by atoms with Gasteiger partial charge in [-0.3, -0.25) is 9.59 Å². The quantitative estimate of drug-likeness (QED) is 0.639. The molecule has 5 fully saturated rings. The van der Waals surface area contributed by atoms with Crippen molar-refractivity contribution in [2.45, 2.75) is 77.2 Å². The van der Waals surface area contributed by atoms with Crippen LogP contribution in [0.1, 0.15) is 69.8 Å². The van der Waals surface area contributed by atoms with Crippen LogP contribution in [-0.4, -0.2) is 42.5 Å². The smallest absolute Gasteiger partial charge is 0.226 e. The Labute approximate surface area is 192 Å². The molecule has 1 N–H and O–H groups in total. The third kappa shape index (κ3) is 4.53. The van der Waals surface area contributed by atoms with Gasteiger partial charge in [-0.25, -0.2) is 0 Å². The number of carbonyl (C=O) groups is 2. The van der Waals surface area contributed by atoms with Crippen LogP contribution in [0.3, 0.4) is 0 Å². The van der Waals surface area contributed by atoms with Gasteiger partial charge in [0.05, 0.1) is 6.61 Å². The Morgan fingerprint density at radius 3 is 2.28 bits per heavy atom. The van der Waals surface area contributed by atoms with E-state index in [1.165, 1.54) is 19.3 Å². The van der Waals surface area contributed by atoms with Crippen molar-refractivity contribution in [2.24, 2.45) is 23.2 Å². The van der Waals surface area contributed by atoms with E-state index >= 15 is 0 Å². The van der Waals surface area contributed by atoms with Gasteiger partial charge in [0.15, 0.2) is 0 Å². The minimum absolute atomic E-state index is 0.0706. The fourth-order valence-electron chi connectivity index (χ4n) is 7.28. The number of hydrogen-bond acceptors (Lipinski definition) is 3. The summed E-state index contributed by atoms with van der Waals surface area (Å²) in [5, 5.41) is 3.41. The number of nitrogens with zero attached hydrogens (tertiary/aromatic N) is 1. The van der Waals surface area contributed by atoms with Gasteiger partial charge in [-0.1, -0.05) is 18.2 Å². The first kappa shape index (κ1) is 21.8. The number of aryl methyl sites for hydroxylation is 1. The van der Waals surface area contributed by atoms with E-state index in [1.54, 1.807) is 0 Å². The minimum atomic E-state index is -0.0706. The number of piperidine rings is 1. The van der Waals surface area contributed by atoms with Crippen molar-refractivity contribution >= 4 is 11.8 Å². The van der Waals surface area contributed by atoms with Gasteiger partial charge in [-0.05, 0) is 94.1 Å². The second-order valence-corrected chi connectivity index (χ2v) is 11.0. The van der Waals surface area contributed by atoms with Crippen LogP contribution in [0.15, 0.2) is 24.3 Å². The van der Waals surface area contributed by atoms with Crippen molar-refractivity contribution < 1.29 is 14.3 Å². The number of carbonyl (C=O) groups excluding carboxylic acids is 2. The van der Waals surface area contributed by atoms with E-state index in [4.69, 9.17) is 4.74 Å². The number of rotatable bonds is 7. The minimum Gasteiger partial charge on any atom is -0.493 e. The molecule has 174 valence electrons. The maximum absolute atomic E-state index is 13.3. The monoisotopic (exact) mass is 438 g/mol. The van der Waals surface area contributed by atoms with Gasteiger partial charge in [0.25, 0.3) is 0 Å². The SMILES string of the molecule is Cc1ccccc1OCCCC(=O)N1CCC(NC(=O)C23CC4CC(CC(C4)C2)C3)CC1. The summed E-state index contributed by atoms with van der Waals surface area (Å²) in [6, 6.07) is 8.20. The van der Waals surface area contributed by atoms with Crippen molar-refractivity contribution in [3.63, 3.8) is 0 Å². The van der Waals surface area contributed by atoms with E-state index < -0.39 is 0 Å². The van der Waals surface area contributed by atoms with E-state index in [-0.39, 0.29) is 17.4 Å². The summed E-state index contributed by atoms with van der Waals surface area (Å²) >= 11 is 0. The summed E-state index contributed by atoms with van der Waals surface area (Å²) in [7, 11) is 0. The number of benzene rings is 1. The molecule has 5 nitrogen and oxygen atoms in total. The summed E-state index contributed by atoms with van der Waals surface area (Å²) in [5.41, 5.74) is 1.05. The van der Waals surface area contributed by atoms with Crippen LogP contribution in [0.5, 0.6) is 5.75 Å². The van der Waals surface area contributed by atoms with Crippen LogP contribution >= 0.6 is 0 Å².